The van der Waals surface area contributed by atoms with E-state index in [9.17, 15) is 59.4 Å². The molecule has 1 saturated heterocycles. The van der Waals surface area contributed by atoms with Crippen molar-refractivity contribution < 1.29 is 64.1 Å². The Morgan fingerprint density at radius 3 is 1.98 bits per heavy atom. The third kappa shape index (κ3) is 14.2. The van der Waals surface area contributed by atoms with Crippen molar-refractivity contribution >= 4 is 35.5 Å². The zero-order valence-electron chi connectivity index (χ0n) is 31.0. The molecule has 0 spiro atoms. The molecule has 13 N–H and O–H groups in total. The van der Waals surface area contributed by atoms with Crippen molar-refractivity contribution in [3.05, 3.63) is 65.7 Å². The second kappa shape index (κ2) is 21.8. The summed E-state index contributed by atoms with van der Waals surface area (Å²) in [7, 11) is 0. The second-order valence-electron chi connectivity index (χ2n) is 14.0. The largest absolute Gasteiger partial charge is 0.508 e. The molecule has 2 aromatic rings. The minimum absolute atomic E-state index is 0.00265. The Balaban J connectivity index is 1.71. The van der Waals surface area contributed by atoms with Gasteiger partial charge in [-0.05, 0) is 48.4 Å². The topological polar surface area (TPSA) is 319 Å². The minimum atomic E-state index is -1.77. The van der Waals surface area contributed by atoms with Gasteiger partial charge in [0.1, 0.15) is 48.3 Å². The lowest BCUT2D eigenvalue weighted by molar-refractivity contribution is -0.236. The van der Waals surface area contributed by atoms with E-state index >= 15 is 0 Å². The van der Waals surface area contributed by atoms with Gasteiger partial charge < -0.3 is 67.7 Å². The van der Waals surface area contributed by atoms with Crippen molar-refractivity contribution in [2.24, 2.45) is 11.7 Å². The zero-order chi connectivity index (χ0) is 41.5. The number of nitrogens with one attached hydrogen (secondary N) is 5. The summed E-state index contributed by atoms with van der Waals surface area (Å²) in [6.45, 7) is 2.15. The normalized spacial score (nSPS) is 21.5. The highest BCUT2D eigenvalue weighted by Crippen LogP contribution is 2.20. The SMILES string of the molecule is CC(C)C[C@H](NC(=O)[C@H](Cc1ccccc1)NC(=O)CNC(=O)[C@H](CCC(=O)N[C@@H]1O[C@H](CO)[C@@H](O)[C@H](O)[C@H]1O)NC(=O)[C@@H](N)Cc1ccc(O)cc1)C(=O)O. The Labute approximate surface area is 323 Å². The van der Waals surface area contributed by atoms with E-state index in [0.29, 0.717) is 11.1 Å². The molecular formula is C37H52N6O13. The third-order valence-corrected chi connectivity index (χ3v) is 8.90. The monoisotopic (exact) mass is 788 g/mol. The summed E-state index contributed by atoms with van der Waals surface area (Å²) in [5.74, 6) is -5.45. The van der Waals surface area contributed by atoms with Gasteiger partial charge >= 0.3 is 5.97 Å². The van der Waals surface area contributed by atoms with Crippen LogP contribution in [0.3, 0.4) is 0 Å². The van der Waals surface area contributed by atoms with Crippen LogP contribution in [0.5, 0.6) is 5.75 Å². The van der Waals surface area contributed by atoms with Gasteiger partial charge in [0.15, 0.2) is 6.23 Å². The van der Waals surface area contributed by atoms with Gasteiger partial charge in [-0.15, -0.1) is 0 Å². The van der Waals surface area contributed by atoms with E-state index < -0.39 is 110 Å². The Morgan fingerprint density at radius 2 is 1.38 bits per heavy atom. The highest BCUT2D eigenvalue weighted by atomic mass is 16.6. The zero-order valence-corrected chi connectivity index (χ0v) is 31.0. The van der Waals surface area contributed by atoms with Gasteiger partial charge in [-0.25, -0.2) is 4.79 Å². The quantitative estimate of drug-likeness (QED) is 0.0633. The van der Waals surface area contributed by atoms with Crippen molar-refractivity contribution in [2.75, 3.05) is 13.2 Å². The van der Waals surface area contributed by atoms with Crippen LogP contribution in [0.25, 0.3) is 0 Å². The number of phenols is 1. The number of carbonyl (C=O) groups excluding carboxylic acids is 5. The lowest BCUT2D eigenvalue weighted by atomic mass is 9.98. The molecule has 0 aromatic heterocycles. The molecule has 0 bridgehead atoms. The molecule has 308 valence electrons. The molecule has 5 amide bonds. The fourth-order valence-electron chi connectivity index (χ4n) is 5.81. The van der Waals surface area contributed by atoms with Crippen LogP contribution in [0.15, 0.2) is 54.6 Å². The van der Waals surface area contributed by atoms with Gasteiger partial charge in [0.25, 0.3) is 0 Å². The summed E-state index contributed by atoms with van der Waals surface area (Å²) in [5, 5.41) is 71.1. The molecule has 0 radical (unpaired) electrons. The molecule has 1 aliphatic heterocycles. The van der Waals surface area contributed by atoms with Crippen molar-refractivity contribution in [1.82, 2.24) is 26.6 Å². The maximum absolute atomic E-state index is 13.4. The van der Waals surface area contributed by atoms with Crippen LogP contribution in [0.1, 0.15) is 44.2 Å². The van der Waals surface area contributed by atoms with E-state index in [1.165, 1.54) is 12.1 Å². The number of aromatic hydroxyl groups is 1. The van der Waals surface area contributed by atoms with Gasteiger partial charge in [-0.1, -0.05) is 56.3 Å². The number of hydrogen-bond acceptors (Lipinski definition) is 13. The average molecular weight is 789 g/mol. The molecule has 0 unspecified atom stereocenters. The summed E-state index contributed by atoms with van der Waals surface area (Å²) in [6, 6.07) is 9.41. The van der Waals surface area contributed by atoms with Crippen molar-refractivity contribution in [2.45, 2.75) is 101 Å². The fraction of sp³-hybridized carbons (Fsp3) is 0.514. The molecule has 19 nitrogen and oxygen atoms in total. The van der Waals surface area contributed by atoms with Gasteiger partial charge in [-0.3, -0.25) is 24.0 Å². The lowest BCUT2D eigenvalue weighted by Crippen LogP contribution is -2.63. The number of aliphatic carboxylic acids is 1. The Morgan fingerprint density at radius 1 is 0.750 bits per heavy atom. The molecule has 1 fully saturated rings. The molecule has 1 heterocycles. The van der Waals surface area contributed by atoms with E-state index in [4.69, 9.17) is 10.5 Å². The summed E-state index contributed by atoms with van der Waals surface area (Å²) >= 11 is 0. The number of ether oxygens (including phenoxy) is 1. The molecular weight excluding hydrogens is 736 g/mol. The Hall–Kier alpha value is -5.18. The number of aliphatic hydroxyl groups excluding tert-OH is 4. The lowest BCUT2D eigenvalue weighted by Gasteiger charge is -2.40. The smallest absolute Gasteiger partial charge is 0.326 e. The average Bonchev–Trinajstić information content (AvgIpc) is 3.16. The van der Waals surface area contributed by atoms with E-state index in [0.717, 1.165) is 0 Å². The first-order chi connectivity index (χ1) is 26.5. The molecule has 56 heavy (non-hydrogen) atoms. The van der Waals surface area contributed by atoms with Crippen molar-refractivity contribution in [1.29, 1.82) is 0 Å². The number of nitrogens with two attached hydrogens (primary N) is 1. The molecule has 9 atom stereocenters. The maximum atomic E-state index is 13.4. The van der Waals surface area contributed by atoms with E-state index in [-0.39, 0.29) is 37.4 Å². The van der Waals surface area contributed by atoms with Crippen LogP contribution < -0.4 is 32.3 Å². The first kappa shape index (κ1) is 45.2. The number of amides is 5. The summed E-state index contributed by atoms with van der Waals surface area (Å²) in [5.41, 5.74) is 7.34. The third-order valence-electron chi connectivity index (χ3n) is 8.90. The van der Waals surface area contributed by atoms with Crippen LogP contribution in [-0.4, -0.2) is 134 Å². The predicted molar refractivity (Wildman–Crippen MR) is 197 cm³/mol. The minimum Gasteiger partial charge on any atom is -0.508 e. The van der Waals surface area contributed by atoms with Crippen LogP contribution in [0.2, 0.25) is 0 Å². The number of phenolic OH excluding ortho intramolecular Hbond substituents is 1. The van der Waals surface area contributed by atoms with Crippen molar-refractivity contribution in [3.63, 3.8) is 0 Å². The summed E-state index contributed by atoms with van der Waals surface area (Å²) in [6.07, 6.45) is -8.76. The fourth-order valence-corrected chi connectivity index (χ4v) is 5.81. The van der Waals surface area contributed by atoms with Gasteiger partial charge in [-0.2, -0.15) is 0 Å². The first-order valence-corrected chi connectivity index (χ1v) is 18.1. The van der Waals surface area contributed by atoms with E-state index in [1.54, 1.807) is 56.3 Å². The van der Waals surface area contributed by atoms with Gasteiger partial charge in [0.05, 0.1) is 19.2 Å². The predicted octanol–water partition coefficient (Wildman–Crippen LogP) is -3.10. The summed E-state index contributed by atoms with van der Waals surface area (Å²) < 4.78 is 5.29. The van der Waals surface area contributed by atoms with Crippen molar-refractivity contribution in [3.8, 4) is 5.75 Å². The van der Waals surface area contributed by atoms with Gasteiger partial charge in [0.2, 0.25) is 29.5 Å². The number of hydrogen-bond donors (Lipinski definition) is 12. The Kier molecular flexibility index (Phi) is 17.6. The number of rotatable bonds is 20. The molecule has 0 aliphatic carbocycles. The van der Waals surface area contributed by atoms with E-state index in [1.807, 2.05) is 0 Å². The van der Waals surface area contributed by atoms with E-state index in [2.05, 4.69) is 26.6 Å². The molecule has 19 heteroatoms. The van der Waals surface area contributed by atoms with Crippen LogP contribution in [-0.2, 0) is 46.3 Å². The highest BCUT2D eigenvalue weighted by Gasteiger charge is 2.44. The second-order valence-corrected chi connectivity index (χ2v) is 14.0. The number of carboxylic acid groups (broad SMARTS) is 1. The standard InChI is InChI=1S/C37H52N6O13/c1-19(2)14-26(37(54)55)42-35(53)25(16-20-6-4-3-5-7-20)40-29(47)17-39-34(52)24(41-33(51)23(38)15-21-8-10-22(45)11-9-21)12-13-28(46)43-36-32(50)31(49)30(48)27(18-44)56-36/h3-11,19,23-27,30-32,36,44-45,48-50H,12-18,38H2,1-2H3,(H,39,52)(H,40,47)(H,41,51)(H,42,53)(H,43,46)(H,54,55)/t23-,24-,25-,26-,27+,30+,31-,32+,36+/m0/s1. The molecule has 1 aliphatic rings. The molecule has 2 aromatic carbocycles. The van der Waals surface area contributed by atoms with Crippen LogP contribution >= 0.6 is 0 Å². The van der Waals surface area contributed by atoms with Crippen LogP contribution in [0.4, 0.5) is 0 Å². The first-order valence-electron chi connectivity index (χ1n) is 18.1. The number of benzene rings is 2. The number of carbonyl (C=O) groups is 6. The highest BCUT2D eigenvalue weighted by molar-refractivity contribution is 5.94. The Bertz CT molecular complexity index is 1630. The van der Waals surface area contributed by atoms with Crippen LogP contribution in [0, 0.1) is 5.92 Å². The van der Waals surface area contributed by atoms with Gasteiger partial charge in [0, 0.05) is 12.8 Å². The molecule has 3 rings (SSSR count). The summed E-state index contributed by atoms with van der Waals surface area (Å²) in [4.78, 5) is 77.8. The number of aliphatic hydroxyl groups is 4. The molecule has 0 saturated carbocycles. The maximum Gasteiger partial charge on any atom is 0.326 e. The number of carboxylic acids is 1.